The molecule has 4 atom stereocenters. The van der Waals surface area contributed by atoms with Crippen molar-refractivity contribution in [3.05, 3.63) is 30.1 Å². The minimum Gasteiger partial charge on any atom is -0.388 e. The van der Waals surface area contributed by atoms with Gasteiger partial charge in [0.15, 0.2) is 0 Å². The van der Waals surface area contributed by atoms with Crippen LogP contribution in [0.1, 0.15) is 38.4 Å². The van der Waals surface area contributed by atoms with Crippen molar-refractivity contribution >= 4 is 16.9 Å². The van der Waals surface area contributed by atoms with Crippen molar-refractivity contribution in [3.63, 3.8) is 0 Å². The number of rotatable bonds is 5. The first-order valence-corrected chi connectivity index (χ1v) is 9.00. The predicted molar refractivity (Wildman–Crippen MR) is 92.2 cm³/mol. The SMILES string of the molecule is C[C@@H](NC(=O)Cn1c(CO)nc2ccccc21)[C@@H]1C[C@H]2CC[C@H]1C2. The van der Waals surface area contributed by atoms with E-state index in [0.717, 1.165) is 22.9 Å². The Hall–Kier alpha value is -1.88. The zero-order valence-electron chi connectivity index (χ0n) is 14.1. The molecule has 24 heavy (non-hydrogen) atoms. The van der Waals surface area contributed by atoms with Crippen molar-refractivity contribution in [2.75, 3.05) is 0 Å². The lowest BCUT2D eigenvalue weighted by Gasteiger charge is -2.28. The summed E-state index contributed by atoms with van der Waals surface area (Å²) in [6, 6.07) is 7.91. The van der Waals surface area contributed by atoms with Gasteiger partial charge in [-0.25, -0.2) is 4.98 Å². The number of fused-ring (bicyclic) bond motifs is 3. The van der Waals surface area contributed by atoms with Crippen molar-refractivity contribution in [1.29, 1.82) is 0 Å². The van der Waals surface area contributed by atoms with Crippen LogP contribution in [0.5, 0.6) is 0 Å². The third kappa shape index (κ3) is 2.71. The lowest BCUT2D eigenvalue weighted by molar-refractivity contribution is -0.122. The number of imidazole rings is 1. The Morgan fingerprint density at radius 1 is 1.38 bits per heavy atom. The highest BCUT2D eigenvalue weighted by molar-refractivity contribution is 5.81. The number of aliphatic hydroxyl groups excluding tert-OH is 1. The van der Waals surface area contributed by atoms with E-state index in [4.69, 9.17) is 0 Å². The van der Waals surface area contributed by atoms with E-state index in [0.29, 0.717) is 11.7 Å². The largest absolute Gasteiger partial charge is 0.388 e. The zero-order valence-corrected chi connectivity index (χ0v) is 14.1. The van der Waals surface area contributed by atoms with Crippen LogP contribution in [0.3, 0.4) is 0 Å². The highest BCUT2D eigenvalue weighted by Crippen LogP contribution is 2.49. The summed E-state index contributed by atoms with van der Waals surface area (Å²) < 4.78 is 1.82. The number of aromatic nitrogens is 2. The summed E-state index contributed by atoms with van der Waals surface area (Å²) in [5.74, 6) is 2.86. The van der Waals surface area contributed by atoms with E-state index in [9.17, 15) is 9.90 Å². The zero-order chi connectivity index (χ0) is 16.7. The molecular formula is C19H25N3O2. The summed E-state index contributed by atoms with van der Waals surface area (Å²) in [6.07, 6.45) is 5.33. The average Bonchev–Trinajstić information content (AvgIpc) is 3.29. The van der Waals surface area contributed by atoms with Gasteiger partial charge in [0.1, 0.15) is 19.0 Å². The molecule has 5 heteroatoms. The van der Waals surface area contributed by atoms with Crippen LogP contribution in [0, 0.1) is 17.8 Å². The fourth-order valence-corrected chi connectivity index (χ4v) is 4.88. The molecule has 1 amide bonds. The molecule has 0 unspecified atom stereocenters. The second-order valence-electron chi connectivity index (χ2n) is 7.46. The summed E-state index contributed by atoms with van der Waals surface area (Å²) in [5.41, 5.74) is 1.71. The van der Waals surface area contributed by atoms with Gasteiger partial charge in [0.25, 0.3) is 0 Å². The molecule has 1 heterocycles. The highest BCUT2D eigenvalue weighted by atomic mass is 16.3. The third-order valence-corrected chi connectivity index (χ3v) is 6.00. The minimum atomic E-state index is -0.163. The summed E-state index contributed by atoms with van der Waals surface area (Å²) >= 11 is 0. The van der Waals surface area contributed by atoms with Crippen LogP contribution in [0.25, 0.3) is 11.0 Å². The number of para-hydroxylation sites is 2. The van der Waals surface area contributed by atoms with Gasteiger partial charge in [-0.15, -0.1) is 0 Å². The molecule has 0 saturated heterocycles. The number of nitrogens with one attached hydrogen (secondary N) is 1. The molecule has 2 aliphatic carbocycles. The number of hydrogen-bond donors (Lipinski definition) is 2. The fourth-order valence-electron chi connectivity index (χ4n) is 4.88. The van der Waals surface area contributed by atoms with Gasteiger partial charge in [-0.2, -0.15) is 0 Å². The van der Waals surface area contributed by atoms with Crippen molar-refractivity contribution in [1.82, 2.24) is 14.9 Å². The van der Waals surface area contributed by atoms with Gasteiger partial charge in [0.05, 0.1) is 11.0 Å². The summed E-state index contributed by atoms with van der Waals surface area (Å²) in [7, 11) is 0. The van der Waals surface area contributed by atoms with E-state index in [-0.39, 0.29) is 25.1 Å². The summed E-state index contributed by atoms with van der Waals surface area (Å²) in [4.78, 5) is 17.0. The van der Waals surface area contributed by atoms with E-state index in [1.165, 1.54) is 25.7 Å². The predicted octanol–water partition coefficient (Wildman–Crippen LogP) is 2.47. The molecular weight excluding hydrogens is 302 g/mol. The Kier molecular flexibility index (Phi) is 4.04. The van der Waals surface area contributed by atoms with Crippen LogP contribution in [0.15, 0.2) is 24.3 Å². The Labute approximate surface area is 142 Å². The normalized spacial score (nSPS) is 26.8. The number of carbonyl (C=O) groups excluding carboxylic acids is 1. The Morgan fingerprint density at radius 3 is 2.92 bits per heavy atom. The Balaban J connectivity index is 1.46. The molecule has 1 aromatic heterocycles. The Morgan fingerprint density at radius 2 is 2.21 bits per heavy atom. The maximum Gasteiger partial charge on any atom is 0.240 e. The minimum absolute atomic E-state index is 0.00289. The van der Waals surface area contributed by atoms with E-state index >= 15 is 0 Å². The van der Waals surface area contributed by atoms with Crippen LogP contribution in [-0.4, -0.2) is 26.6 Å². The second kappa shape index (κ2) is 6.20. The van der Waals surface area contributed by atoms with Crippen LogP contribution in [0.4, 0.5) is 0 Å². The summed E-state index contributed by atoms with van der Waals surface area (Å²) in [6.45, 7) is 2.19. The Bertz CT molecular complexity index is 754. The lowest BCUT2D eigenvalue weighted by atomic mass is 9.84. The van der Waals surface area contributed by atoms with Gasteiger partial charge in [-0.3, -0.25) is 4.79 Å². The van der Waals surface area contributed by atoms with Crippen molar-refractivity contribution in [2.24, 2.45) is 17.8 Å². The van der Waals surface area contributed by atoms with Gasteiger partial charge in [-0.05, 0) is 56.1 Å². The molecule has 2 aromatic rings. The molecule has 2 saturated carbocycles. The maximum atomic E-state index is 12.6. The van der Waals surface area contributed by atoms with Crippen LogP contribution >= 0.6 is 0 Å². The molecule has 0 aliphatic heterocycles. The lowest BCUT2D eigenvalue weighted by Crippen LogP contribution is -2.41. The molecule has 128 valence electrons. The fraction of sp³-hybridized carbons (Fsp3) is 0.579. The average molecular weight is 327 g/mol. The van der Waals surface area contributed by atoms with E-state index in [2.05, 4.69) is 17.2 Å². The van der Waals surface area contributed by atoms with E-state index in [1.54, 1.807) is 0 Å². The molecule has 5 nitrogen and oxygen atoms in total. The maximum absolute atomic E-state index is 12.6. The first-order chi connectivity index (χ1) is 11.7. The number of benzene rings is 1. The first kappa shape index (κ1) is 15.6. The van der Waals surface area contributed by atoms with Gasteiger partial charge < -0.3 is 15.0 Å². The number of amides is 1. The first-order valence-electron chi connectivity index (χ1n) is 9.00. The van der Waals surface area contributed by atoms with Crippen LogP contribution in [-0.2, 0) is 17.9 Å². The molecule has 2 aliphatic rings. The number of carbonyl (C=O) groups is 1. The third-order valence-electron chi connectivity index (χ3n) is 6.00. The number of hydrogen-bond acceptors (Lipinski definition) is 3. The van der Waals surface area contributed by atoms with Gasteiger partial charge in [-0.1, -0.05) is 18.6 Å². The van der Waals surface area contributed by atoms with Crippen LogP contribution < -0.4 is 5.32 Å². The molecule has 2 N–H and O–H groups in total. The molecule has 2 bridgehead atoms. The van der Waals surface area contributed by atoms with Crippen molar-refractivity contribution in [3.8, 4) is 0 Å². The number of aliphatic hydroxyl groups is 1. The van der Waals surface area contributed by atoms with Gasteiger partial charge >= 0.3 is 0 Å². The molecule has 4 rings (SSSR count). The smallest absolute Gasteiger partial charge is 0.240 e. The number of nitrogens with zero attached hydrogens (tertiary/aromatic N) is 2. The molecule has 2 fully saturated rings. The molecule has 0 spiro atoms. The van der Waals surface area contributed by atoms with Crippen molar-refractivity contribution < 1.29 is 9.90 Å². The van der Waals surface area contributed by atoms with Gasteiger partial charge in [0.2, 0.25) is 5.91 Å². The molecule has 1 aromatic carbocycles. The highest BCUT2D eigenvalue weighted by Gasteiger charge is 2.42. The molecule has 0 radical (unpaired) electrons. The monoisotopic (exact) mass is 327 g/mol. The van der Waals surface area contributed by atoms with E-state index < -0.39 is 0 Å². The van der Waals surface area contributed by atoms with Gasteiger partial charge in [0, 0.05) is 6.04 Å². The standard InChI is InChI=1S/C19H25N3O2/c1-12(15-9-13-6-7-14(15)8-13)20-19(24)10-22-17-5-3-2-4-16(17)21-18(22)11-23/h2-5,12-15,23H,6-11H2,1H3,(H,20,24)/t12-,13+,14+,15+/m1/s1. The van der Waals surface area contributed by atoms with Crippen LogP contribution in [0.2, 0.25) is 0 Å². The quantitative estimate of drug-likeness (QED) is 0.886. The van der Waals surface area contributed by atoms with E-state index in [1.807, 2.05) is 28.8 Å². The van der Waals surface area contributed by atoms with Crippen molar-refractivity contribution in [2.45, 2.75) is 51.8 Å². The second-order valence-corrected chi connectivity index (χ2v) is 7.46. The summed E-state index contributed by atoms with van der Waals surface area (Å²) in [5, 5.41) is 12.7. The topological polar surface area (TPSA) is 67.2 Å².